The number of carboxylic acid groups (broad SMARTS) is 1. The normalized spacial score (nSPS) is 15.3. The van der Waals surface area contributed by atoms with Crippen LogP contribution in [0.4, 0.5) is 9.52 Å². The van der Waals surface area contributed by atoms with Crippen molar-refractivity contribution < 1.29 is 19.0 Å². The van der Waals surface area contributed by atoms with Gasteiger partial charge in [-0.2, -0.15) is 0 Å². The largest absolute Gasteiger partial charge is 0.497 e. The molecule has 1 aromatic heterocycles. The third-order valence-electron chi connectivity index (χ3n) is 7.43. The van der Waals surface area contributed by atoms with Gasteiger partial charge in [0.05, 0.1) is 28.8 Å². The maximum Gasteiger partial charge on any atom is 0.314 e. The Morgan fingerprint density at radius 1 is 1.14 bits per heavy atom. The Morgan fingerprint density at radius 3 is 2.44 bits per heavy atom. The molecular weight excluding hydrogens is 475 g/mol. The first-order valence-corrected chi connectivity index (χ1v) is 13.0. The minimum absolute atomic E-state index is 0.0388. The number of halogens is 1. The minimum Gasteiger partial charge on any atom is -0.497 e. The SMILES string of the molecule is COc1ccc(CCN(c2nc3cccc(F)c3s2)C(C)c2ccc(C3(C(=O)O)CCC3)cc2)cc1. The number of carbonyl (C=O) groups is 1. The molecule has 1 saturated carbocycles. The van der Waals surface area contributed by atoms with Crippen molar-refractivity contribution in [3.05, 3.63) is 89.2 Å². The van der Waals surface area contributed by atoms with E-state index in [-0.39, 0.29) is 11.9 Å². The Hall–Kier alpha value is -3.45. The molecular formula is C29H29FN2O3S. The summed E-state index contributed by atoms with van der Waals surface area (Å²) < 4.78 is 20.3. The van der Waals surface area contributed by atoms with E-state index in [9.17, 15) is 14.3 Å². The van der Waals surface area contributed by atoms with Gasteiger partial charge in [0, 0.05) is 6.54 Å². The highest BCUT2D eigenvalue weighted by Crippen LogP contribution is 2.44. The minimum atomic E-state index is -0.750. The Bertz CT molecular complexity index is 1360. The summed E-state index contributed by atoms with van der Waals surface area (Å²) >= 11 is 1.36. The van der Waals surface area contributed by atoms with E-state index >= 15 is 0 Å². The highest BCUT2D eigenvalue weighted by atomic mass is 32.1. The van der Waals surface area contributed by atoms with Crippen LogP contribution in [-0.4, -0.2) is 29.7 Å². The number of hydrogen-bond donors (Lipinski definition) is 1. The van der Waals surface area contributed by atoms with Crippen molar-refractivity contribution in [3.63, 3.8) is 0 Å². The average molecular weight is 505 g/mol. The molecule has 1 aliphatic carbocycles. The van der Waals surface area contributed by atoms with Gasteiger partial charge in [-0.25, -0.2) is 9.37 Å². The van der Waals surface area contributed by atoms with Crippen molar-refractivity contribution >= 4 is 32.7 Å². The first kappa shape index (κ1) is 24.3. The molecule has 0 bridgehead atoms. The summed E-state index contributed by atoms with van der Waals surface area (Å²) in [6, 6.07) is 20.9. The van der Waals surface area contributed by atoms with Crippen LogP contribution in [0.3, 0.4) is 0 Å². The molecule has 4 aromatic rings. The number of aliphatic carboxylic acids is 1. The van der Waals surface area contributed by atoms with Crippen LogP contribution in [0.1, 0.15) is 48.9 Å². The monoisotopic (exact) mass is 504 g/mol. The van der Waals surface area contributed by atoms with Crippen molar-refractivity contribution in [3.8, 4) is 5.75 Å². The summed E-state index contributed by atoms with van der Waals surface area (Å²) in [5.74, 6) is -0.189. The van der Waals surface area contributed by atoms with Gasteiger partial charge in [-0.1, -0.05) is 60.2 Å². The number of carboxylic acids is 1. The molecule has 0 aliphatic heterocycles. The van der Waals surface area contributed by atoms with Gasteiger partial charge in [0.25, 0.3) is 0 Å². The number of nitrogens with zero attached hydrogens (tertiary/aromatic N) is 2. The van der Waals surface area contributed by atoms with Crippen LogP contribution in [0.15, 0.2) is 66.7 Å². The molecule has 1 N–H and O–H groups in total. The van der Waals surface area contributed by atoms with Crippen LogP contribution < -0.4 is 9.64 Å². The second-order valence-electron chi connectivity index (χ2n) is 9.41. The molecule has 0 spiro atoms. The van der Waals surface area contributed by atoms with Gasteiger partial charge in [0.15, 0.2) is 5.13 Å². The smallest absolute Gasteiger partial charge is 0.314 e. The predicted molar refractivity (Wildman–Crippen MR) is 142 cm³/mol. The fraction of sp³-hybridized carbons (Fsp3) is 0.310. The van der Waals surface area contributed by atoms with Crippen molar-refractivity contribution in [2.24, 2.45) is 0 Å². The number of rotatable bonds is 9. The summed E-state index contributed by atoms with van der Waals surface area (Å²) in [5, 5.41) is 10.6. The number of benzene rings is 3. The molecule has 1 unspecified atom stereocenters. The molecule has 0 radical (unpaired) electrons. The van der Waals surface area contributed by atoms with E-state index < -0.39 is 11.4 Å². The topological polar surface area (TPSA) is 62.7 Å². The van der Waals surface area contributed by atoms with E-state index in [1.165, 1.54) is 23.0 Å². The first-order chi connectivity index (χ1) is 17.4. The molecule has 1 heterocycles. The summed E-state index contributed by atoms with van der Waals surface area (Å²) in [6.45, 7) is 2.80. The first-order valence-electron chi connectivity index (χ1n) is 12.2. The second-order valence-corrected chi connectivity index (χ2v) is 10.4. The zero-order valence-corrected chi connectivity index (χ0v) is 21.2. The van der Waals surface area contributed by atoms with Crippen molar-refractivity contribution in [1.82, 2.24) is 4.98 Å². The van der Waals surface area contributed by atoms with Crippen LogP contribution in [0.5, 0.6) is 5.75 Å². The maximum atomic E-state index is 14.5. The maximum absolute atomic E-state index is 14.5. The molecule has 1 fully saturated rings. The van der Waals surface area contributed by atoms with E-state index in [4.69, 9.17) is 9.72 Å². The van der Waals surface area contributed by atoms with Crippen LogP contribution in [0.2, 0.25) is 0 Å². The molecule has 5 nitrogen and oxygen atoms in total. The van der Waals surface area contributed by atoms with Gasteiger partial charge in [0.2, 0.25) is 0 Å². The molecule has 1 aliphatic rings. The van der Waals surface area contributed by atoms with Gasteiger partial charge in [0.1, 0.15) is 11.6 Å². The van der Waals surface area contributed by atoms with Gasteiger partial charge >= 0.3 is 5.97 Å². The van der Waals surface area contributed by atoms with Gasteiger partial charge in [-0.3, -0.25) is 4.79 Å². The average Bonchev–Trinajstić information content (AvgIpc) is 3.29. The molecule has 0 amide bonds. The van der Waals surface area contributed by atoms with E-state index in [1.54, 1.807) is 13.2 Å². The van der Waals surface area contributed by atoms with Gasteiger partial charge < -0.3 is 14.7 Å². The van der Waals surface area contributed by atoms with Crippen molar-refractivity contribution in [1.29, 1.82) is 0 Å². The Kier molecular flexibility index (Phi) is 6.67. The van der Waals surface area contributed by atoms with E-state index in [0.29, 0.717) is 29.6 Å². The predicted octanol–water partition coefficient (Wildman–Crippen LogP) is 6.76. The van der Waals surface area contributed by atoms with Crippen molar-refractivity contribution in [2.45, 2.75) is 44.1 Å². The van der Waals surface area contributed by atoms with Gasteiger partial charge in [-0.05, 0) is 67.1 Å². The highest BCUT2D eigenvalue weighted by molar-refractivity contribution is 7.22. The molecule has 7 heteroatoms. The lowest BCUT2D eigenvalue weighted by atomic mass is 9.64. The number of anilines is 1. The Labute approximate surface area is 214 Å². The van der Waals surface area contributed by atoms with Crippen LogP contribution in [0.25, 0.3) is 10.2 Å². The molecule has 5 rings (SSSR count). The van der Waals surface area contributed by atoms with Crippen LogP contribution in [-0.2, 0) is 16.6 Å². The fourth-order valence-electron chi connectivity index (χ4n) is 4.94. The quantitative estimate of drug-likeness (QED) is 0.273. The van der Waals surface area contributed by atoms with Gasteiger partial charge in [-0.15, -0.1) is 0 Å². The lowest BCUT2D eigenvalue weighted by Crippen LogP contribution is -2.42. The van der Waals surface area contributed by atoms with Crippen LogP contribution >= 0.6 is 11.3 Å². The summed E-state index contributed by atoms with van der Waals surface area (Å²) in [4.78, 5) is 18.9. The van der Waals surface area contributed by atoms with E-state index in [1.807, 2.05) is 42.5 Å². The summed E-state index contributed by atoms with van der Waals surface area (Å²) in [6.07, 6.45) is 3.09. The molecule has 186 valence electrons. The molecule has 1 atom stereocenters. The standard InChI is InChI=1S/C29H29FN2O3S/c1-19(21-9-11-22(12-10-21)29(27(33)34)16-4-17-29)32(18-15-20-7-13-23(35-2)14-8-20)28-31-25-6-3-5-24(30)26(25)36-28/h3,5-14,19H,4,15-18H2,1-2H3,(H,33,34). The lowest BCUT2D eigenvalue weighted by molar-refractivity contribution is -0.147. The van der Waals surface area contributed by atoms with Crippen LogP contribution in [0, 0.1) is 5.82 Å². The third-order valence-corrected chi connectivity index (χ3v) is 8.55. The van der Waals surface area contributed by atoms with E-state index in [0.717, 1.165) is 34.8 Å². The fourth-order valence-corrected chi connectivity index (χ4v) is 6.02. The van der Waals surface area contributed by atoms with E-state index in [2.05, 4.69) is 24.0 Å². The number of ether oxygens (including phenoxy) is 1. The lowest BCUT2D eigenvalue weighted by Gasteiger charge is -2.38. The number of aromatic nitrogens is 1. The highest BCUT2D eigenvalue weighted by Gasteiger charge is 2.45. The molecule has 3 aromatic carbocycles. The molecule has 36 heavy (non-hydrogen) atoms. The Morgan fingerprint density at radius 2 is 1.86 bits per heavy atom. The second kappa shape index (κ2) is 9.90. The van der Waals surface area contributed by atoms with Crippen molar-refractivity contribution in [2.75, 3.05) is 18.6 Å². The third kappa shape index (κ3) is 4.44. The number of methoxy groups -OCH3 is 1. The number of hydrogen-bond acceptors (Lipinski definition) is 5. The zero-order chi connectivity index (χ0) is 25.3. The summed E-state index contributed by atoms with van der Waals surface area (Å²) in [5.41, 5.74) is 3.00. The zero-order valence-electron chi connectivity index (χ0n) is 20.4. The number of fused-ring (bicyclic) bond motifs is 1. The summed E-state index contributed by atoms with van der Waals surface area (Å²) in [7, 11) is 1.65. The Balaban J connectivity index is 1.44. The number of thiazole rings is 1. The molecule has 0 saturated heterocycles.